The van der Waals surface area contributed by atoms with Crippen LogP contribution in [0.15, 0.2) is 18.2 Å². The molecular weight excluding hydrogens is 208 g/mol. The van der Waals surface area contributed by atoms with Gasteiger partial charge in [0, 0.05) is 0 Å². The van der Waals surface area contributed by atoms with E-state index < -0.39 is 12.1 Å². The predicted octanol–water partition coefficient (Wildman–Crippen LogP) is 1.44. The van der Waals surface area contributed by atoms with Gasteiger partial charge in [-0.1, -0.05) is 18.2 Å². The monoisotopic (exact) mass is 224 g/mol. The van der Waals surface area contributed by atoms with E-state index in [9.17, 15) is 4.79 Å². The fourth-order valence-electron chi connectivity index (χ4n) is 1.41. The van der Waals surface area contributed by atoms with Gasteiger partial charge < -0.3 is 14.9 Å². The molecule has 1 aromatic rings. The third kappa shape index (κ3) is 3.05. The summed E-state index contributed by atoms with van der Waals surface area (Å²) in [5, 5.41) is 17.6. The number of aliphatic carboxylic acids is 1. The van der Waals surface area contributed by atoms with Crippen LogP contribution in [-0.2, 0) is 9.53 Å². The Bertz CT molecular complexity index is 373. The standard InChI is InChI=1S/C12H16O4/c1-8-3-4-10(7-9(8)2)11(12(14)15)16-6-5-13/h3-4,7,11,13H,5-6H2,1-2H3,(H,14,15). The van der Waals surface area contributed by atoms with Gasteiger partial charge in [-0.2, -0.15) is 0 Å². The van der Waals surface area contributed by atoms with Crippen LogP contribution in [0.4, 0.5) is 0 Å². The highest BCUT2D eigenvalue weighted by Gasteiger charge is 2.20. The maximum atomic E-state index is 11.0. The van der Waals surface area contributed by atoms with Gasteiger partial charge in [-0.3, -0.25) is 0 Å². The van der Waals surface area contributed by atoms with Crippen LogP contribution in [0, 0.1) is 13.8 Å². The Kier molecular flexibility index (Phi) is 4.46. The van der Waals surface area contributed by atoms with Crippen LogP contribution in [0.3, 0.4) is 0 Å². The molecule has 0 aliphatic heterocycles. The minimum atomic E-state index is -1.04. The third-order valence-electron chi connectivity index (χ3n) is 2.43. The number of aliphatic hydroxyl groups is 1. The number of carboxylic acids is 1. The van der Waals surface area contributed by atoms with E-state index in [2.05, 4.69) is 0 Å². The molecule has 16 heavy (non-hydrogen) atoms. The second-order valence-electron chi connectivity index (χ2n) is 3.66. The summed E-state index contributed by atoms with van der Waals surface area (Å²) in [7, 11) is 0. The molecule has 1 unspecified atom stereocenters. The van der Waals surface area contributed by atoms with Crippen LogP contribution in [-0.4, -0.2) is 29.4 Å². The molecule has 0 radical (unpaired) electrons. The van der Waals surface area contributed by atoms with Gasteiger partial charge in [0.15, 0.2) is 6.10 Å². The summed E-state index contributed by atoms with van der Waals surface area (Å²) in [5.41, 5.74) is 2.73. The first-order chi connectivity index (χ1) is 7.56. The lowest BCUT2D eigenvalue weighted by Gasteiger charge is -2.14. The molecule has 0 aliphatic rings. The Morgan fingerprint density at radius 1 is 1.38 bits per heavy atom. The van der Waals surface area contributed by atoms with Gasteiger partial charge in [-0.15, -0.1) is 0 Å². The highest BCUT2D eigenvalue weighted by atomic mass is 16.5. The van der Waals surface area contributed by atoms with E-state index >= 15 is 0 Å². The van der Waals surface area contributed by atoms with Crippen molar-refractivity contribution in [3.63, 3.8) is 0 Å². The van der Waals surface area contributed by atoms with Crippen molar-refractivity contribution in [3.8, 4) is 0 Å². The van der Waals surface area contributed by atoms with Gasteiger partial charge in [0.05, 0.1) is 13.2 Å². The molecule has 0 saturated heterocycles. The molecule has 0 saturated carbocycles. The zero-order valence-electron chi connectivity index (χ0n) is 9.43. The van der Waals surface area contributed by atoms with Gasteiger partial charge in [0.2, 0.25) is 0 Å². The molecule has 0 fully saturated rings. The maximum absolute atomic E-state index is 11.0. The molecule has 1 atom stereocenters. The summed E-state index contributed by atoms with van der Waals surface area (Å²) < 4.78 is 5.08. The Morgan fingerprint density at radius 2 is 2.06 bits per heavy atom. The summed E-state index contributed by atoms with van der Waals surface area (Å²) >= 11 is 0. The van der Waals surface area contributed by atoms with E-state index in [-0.39, 0.29) is 13.2 Å². The summed E-state index contributed by atoms with van der Waals surface area (Å²) in [6.07, 6.45) is -1.01. The first-order valence-corrected chi connectivity index (χ1v) is 5.08. The van der Waals surface area contributed by atoms with E-state index in [1.165, 1.54) is 0 Å². The van der Waals surface area contributed by atoms with Gasteiger partial charge in [-0.25, -0.2) is 4.79 Å². The summed E-state index contributed by atoms with van der Waals surface area (Å²) in [4.78, 5) is 11.0. The third-order valence-corrected chi connectivity index (χ3v) is 2.43. The van der Waals surface area contributed by atoms with Crippen molar-refractivity contribution in [1.29, 1.82) is 0 Å². The second-order valence-corrected chi connectivity index (χ2v) is 3.66. The molecule has 1 aromatic carbocycles. The Balaban J connectivity index is 2.92. The van der Waals surface area contributed by atoms with Crippen molar-refractivity contribution < 1.29 is 19.7 Å². The van der Waals surface area contributed by atoms with Crippen molar-refractivity contribution in [1.82, 2.24) is 0 Å². The maximum Gasteiger partial charge on any atom is 0.337 e. The average molecular weight is 224 g/mol. The molecular formula is C12H16O4. The van der Waals surface area contributed by atoms with E-state index in [1.807, 2.05) is 19.9 Å². The zero-order valence-corrected chi connectivity index (χ0v) is 9.43. The molecule has 0 spiro atoms. The molecule has 0 aliphatic carbocycles. The van der Waals surface area contributed by atoms with Crippen molar-refractivity contribution in [2.75, 3.05) is 13.2 Å². The number of benzene rings is 1. The van der Waals surface area contributed by atoms with E-state index in [1.54, 1.807) is 12.1 Å². The quantitative estimate of drug-likeness (QED) is 0.794. The van der Waals surface area contributed by atoms with Crippen LogP contribution < -0.4 is 0 Å². The molecule has 4 nitrogen and oxygen atoms in total. The lowest BCUT2D eigenvalue weighted by Crippen LogP contribution is -2.17. The number of aliphatic hydroxyl groups excluding tert-OH is 1. The zero-order chi connectivity index (χ0) is 12.1. The number of rotatable bonds is 5. The van der Waals surface area contributed by atoms with Crippen molar-refractivity contribution >= 4 is 5.97 Å². The Hall–Kier alpha value is -1.39. The van der Waals surface area contributed by atoms with E-state index in [0.717, 1.165) is 11.1 Å². The highest BCUT2D eigenvalue weighted by Crippen LogP contribution is 2.20. The molecule has 0 heterocycles. The van der Waals surface area contributed by atoms with Crippen LogP contribution in [0.5, 0.6) is 0 Å². The van der Waals surface area contributed by atoms with Gasteiger partial charge >= 0.3 is 5.97 Å². The largest absolute Gasteiger partial charge is 0.479 e. The topological polar surface area (TPSA) is 66.8 Å². The fraction of sp³-hybridized carbons (Fsp3) is 0.417. The summed E-state index contributed by atoms with van der Waals surface area (Å²) in [6, 6.07) is 5.40. The number of carbonyl (C=O) groups is 1. The number of hydrogen-bond donors (Lipinski definition) is 2. The molecule has 0 bridgehead atoms. The first-order valence-electron chi connectivity index (χ1n) is 5.08. The predicted molar refractivity (Wildman–Crippen MR) is 59.3 cm³/mol. The minimum absolute atomic E-state index is 0.0177. The van der Waals surface area contributed by atoms with Crippen LogP contribution in [0.2, 0.25) is 0 Å². The van der Waals surface area contributed by atoms with E-state index in [4.69, 9.17) is 14.9 Å². The van der Waals surface area contributed by atoms with Crippen LogP contribution in [0.25, 0.3) is 0 Å². The van der Waals surface area contributed by atoms with Crippen molar-refractivity contribution in [2.45, 2.75) is 20.0 Å². The first kappa shape index (κ1) is 12.7. The minimum Gasteiger partial charge on any atom is -0.479 e. The lowest BCUT2D eigenvalue weighted by atomic mass is 10.0. The molecule has 2 N–H and O–H groups in total. The SMILES string of the molecule is Cc1ccc(C(OCCO)C(=O)O)cc1C. The molecule has 88 valence electrons. The van der Waals surface area contributed by atoms with Gasteiger partial charge in [-0.05, 0) is 30.5 Å². The van der Waals surface area contributed by atoms with E-state index in [0.29, 0.717) is 5.56 Å². The average Bonchev–Trinajstić information content (AvgIpc) is 2.23. The van der Waals surface area contributed by atoms with Crippen molar-refractivity contribution in [2.24, 2.45) is 0 Å². The molecule has 4 heteroatoms. The number of hydrogen-bond acceptors (Lipinski definition) is 3. The second kappa shape index (κ2) is 5.63. The number of carboxylic acid groups (broad SMARTS) is 1. The Morgan fingerprint density at radius 3 is 2.56 bits per heavy atom. The van der Waals surface area contributed by atoms with Gasteiger partial charge in [0.25, 0.3) is 0 Å². The lowest BCUT2D eigenvalue weighted by molar-refractivity contribution is -0.151. The highest BCUT2D eigenvalue weighted by molar-refractivity contribution is 5.74. The smallest absolute Gasteiger partial charge is 0.337 e. The van der Waals surface area contributed by atoms with Gasteiger partial charge in [0.1, 0.15) is 0 Å². The summed E-state index contributed by atoms with van der Waals surface area (Å²) in [5.74, 6) is -1.04. The normalized spacial score (nSPS) is 12.4. The molecule has 0 aromatic heterocycles. The number of aryl methyl sites for hydroxylation is 2. The molecule has 0 amide bonds. The fourth-order valence-corrected chi connectivity index (χ4v) is 1.41. The van der Waals surface area contributed by atoms with Crippen LogP contribution in [0.1, 0.15) is 22.8 Å². The van der Waals surface area contributed by atoms with Crippen molar-refractivity contribution in [3.05, 3.63) is 34.9 Å². The van der Waals surface area contributed by atoms with Crippen LogP contribution >= 0.6 is 0 Å². The number of ether oxygens (including phenoxy) is 1. The Labute approximate surface area is 94.5 Å². The summed E-state index contributed by atoms with van der Waals surface area (Å²) in [6.45, 7) is 3.71. The molecule has 1 rings (SSSR count).